The predicted molar refractivity (Wildman–Crippen MR) is 119 cm³/mol. The van der Waals surface area contributed by atoms with E-state index in [0.717, 1.165) is 5.69 Å². The Bertz CT molecular complexity index is 982. The number of ketones is 1. The van der Waals surface area contributed by atoms with Gasteiger partial charge in [0.2, 0.25) is 0 Å². The second-order valence-electron chi connectivity index (χ2n) is 7.96. The highest BCUT2D eigenvalue weighted by atomic mass is 16.2. The van der Waals surface area contributed by atoms with Crippen LogP contribution in [0.1, 0.15) is 36.5 Å². The molecule has 1 N–H and O–H groups in total. The molecule has 7 nitrogen and oxygen atoms in total. The molecule has 0 aromatic heterocycles. The first-order valence-corrected chi connectivity index (χ1v) is 10.6. The van der Waals surface area contributed by atoms with Crippen LogP contribution in [0.3, 0.4) is 0 Å². The fourth-order valence-corrected chi connectivity index (χ4v) is 4.04. The first-order valence-electron chi connectivity index (χ1n) is 10.6. The van der Waals surface area contributed by atoms with Crippen molar-refractivity contribution in [3.8, 4) is 0 Å². The number of hydrogen-bond acceptors (Lipinski definition) is 5. The third kappa shape index (κ3) is 4.66. The van der Waals surface area contributed by atoms with Crippen LogP contribution in [-0.4, -0.2) is 53.4 Å². The zero-order chi connectivity index (χ0) is 21.8. The number of nitrogens with one attached hydrogen (secondary N) is 1. The van der Waals surface area contributed by atoms with E-state index in [4.69, 9.17) is 0 Å². The second kappa shape index (κ2) is 9.12. The molecular weight excluding hydrogens is 392 g/mol. The minimum absolute atomic E-state index is 0.0171. The number of para-hydroxylation sites is 1. The van der Waals surface area contributed by atoms with Gasteiger partial charge in [-0.25, -0.2) is 0 Å². The number of amides is 2. The van der Waals surface area contributed by atoms with E-state index < -0.39 is 6.04 Å². The van der Waals surface area contributed by atoms with Gasteiger partial charge < -0.3 is 10.2 Å². The number of likely N-dealkylation sites (tertiary alicyclic amines) is 1. The van der Waals surface area contributed by atoms with Crippen LogP contribution in [0.25, 0.3) is 0 Å². The Morgan fingerprint density at radius 3 is 2.16 bits per heavy atom. The fraction of sp³-hybridized carbons (Fsp3) is 0.333. The molecule has 2 aromatic carbocycles. The Morgan fingerprint density at radius 1 is 0.935 bits per heavy atom. The highest BCUT2D eigenvalue weighted by Crippen LogP contribution is 2.25. The van der Waals surface area contributed by atoms with Crippen molar-refractivity contribution in [2.75, 3.05) is 18.1 Å². The average Bonchev–Trinajstić information content (AvgIpc) is 3.26. The van der Waals surface area contributed by atoms with Crippen molar-refractivity contribution >= 4 is 29.0 Å². The maximum Gasteiger partial charge on any atom is 0.267 e. The first kappa shape index (κ1) is 20.8. The summed E-state index contributed by atoms with van der Waals surface area (Å²) in [4.78, 5) is 39.4. The summed E-state index contributed by atoms with van der Waals surface area (Å²) < 4.78 is 0. The first-order chi connectivity index (χ1) is 15.0. The van der Waals surface area contributed by atoms with E-state index in [1.807, 2.05) is 65.6 Å². The van der Waals surface area contributed by atoms with Gasteiger partial charge in [-0.2, -0.15) is 5.10 Å². The van der Waals surface area contributed by atoms with Crippen molar-refractivity contribution in [2.45, 2.75) is 38.3 Å². The summed E-state index contributed by atoms with van der Waals surface area (Å²) in [7, 11) is 0. The van der Waals surface area contributed by atoms with Gasteiger partial charge in [0.05, 0.1) is 5.69 Å². The zero-order valence-corrected chi connectivity index (χ0v) is 17.5. The molecule has 1 fully saturated rings. The van der Waals surface area contributed by atoms with Gasteiger partial charge in [0.15, 0.2) is 5.78 Å². The highest BCUT2D eigenvalue weighted by molar-refractivity contribution is 6.40. The van der Waals surface area contributed by atoms with Crippen LogP contribution in [0.15, 0.2) is 65.8 Å². The SMILES string of the molecule is CC(=O)C1CC(C(=O)NC2CCN(C(=O)c3ccccc3)CC2)=NN1c1ccccc1. The molecule has 0 bridgehead atoms. The molecule has 1 atom stereocenters. The molecule has 0 spiro atoms. The molecule has 2 aliphatic heterocycles. The monoisotopic (exact) mass is 418 g/mol. The van der Waals surface area contributed by atoms with Gasteiger partial charge >= 0.3 is 0 Å². The molecule has 4 rings (SSSR count). The van der Waals surface area contributed by atoms with Crippen LogP contribution in [0.5, 0.6) is 0 Å². The van der Waals surface area contributed by atoms with Crippen LogP contribution in [0.2, 0.25) is 0 Å². The number of benzene rings is 2. The number of rotatable bonds is 5. The standard InChI is InChI=1S/C24H26N4O3/c1-17(29)22-16-21(26-28(22)20-10-6-3-7-11-20)23(30)25-19-12-14-27(15-13-19)24(31)18-8-4-2-5-9-18/h2-11,19,22H,12-16H2,1H3,(H,25,30). The largest absolute Gasteiger partial charge is 0.348 e. The lowest BCUT2D eigenvalue weighted by molar-refractivity contribution is -0.118. The Hall–Kier alpha value is -3.48. The molecular formula is C24H26N4O3. The van der Waals surface area contributed by atoms with E-state index in [0.29, 0.717) is 43.6 Å². The van der Waals surface area contributed by atoms with Crippen LogP contribution < -0.4 is 10.3 Å². The smallest absolute Gasteiger partial charge is 0.267 e. The molecule has 2 amide bonds. The normalized spacial score (nSPS) is 19.1. The van der Waals surface area contributed by atoms with Crippen LogP contribution in [0.4, 0.5) is 5.69 Å². The molecule has 160 valence electrons. The number of carbonyl (C=O) groups is 3. The van der Waals surface area contributed by atoms with Gasteiger partial charge in [-0.15, -0.1) is 0 Å². The number of hydrazone groups is 1. The van der Waals surface area contributed by atoms with Gasteiger partial charge in [-0.3, -0.25) is 19.4 Å². The summed E-state index contributed by atoms with van der Waals surface area (Å²) in [6.07, 6.45) is 1.67. The molecule has 1 unspecified atom stereocenters. The summed E-state index contributed by atoms with van der Waals surface area (Å²) in [5.41, 5.74) is 1.84. The molecule has 0 radical (unpaired) electrons. The van der Waals surface area contributed by atoms with Crippen LogP contribution >= 0.6 is 0 Å². The zero-order valence-electron chi connectivity index (χ0n) is 17.5. The quantitative estimate of drug-likeness (QED) is 0.809. The Labute approximate surface area is 181 Å². The minimum Gasteiger partial charge on any atom is -0.348 e. The lowest BCUT2D eigenvalue weighted by Crippen LogP contribution is -2.48. The van der Waals surface area contributed by atoms with Gasteiger partial charge in [0, 0.05) is 31.1 Å². The van der Waals surface area contributed by atoms with Crippen molar-refractivity contribution < 1.29 is 14.4 Å². The van der Waals surface area contributed by atoms with E-state index >= 15 is 0 Å². The number of piperidine rings is 1. The number of hydrogen-bond donors (Lipinski definition) is 1. The van der Waals surface area contributed by atoms with Crippen LogP contribution in [0, 0.1) is 0 Å². The molecule has 7 heteroatoms. The van der Waals surface area contributed by atoms with Crippen molar-refractivity contribution in [1.29, 1.82) is 0 Å². The molecule has 2 aromatic rings. The number of anilines is 1. The van der Waals surface area contributed by atoms with E-state index in [1.54, 1.807) is 5.01 Å². The average molecular weight is 418 g/mol. The van der Waals surface area contributed by atoms with Gasteiger partial charge in [0.25, 0.3) is 11.8 Å². The summed E-state index contributed by atoms with van der Waals surface area (Å²) in [6, 6.07) is 18.2. The summed E-state index contributed by atoms with van der Waals surface area (Å²) >= 11 is 0. The van der Waals surface area contributed by atoms with E-state index in [1.165, 1.54) is 6.92 Å². The lowest BCUT2D eigenvalue weighted by Gasteiger charge is -2.32. The van der Waals surface area contributed by atoms with E-state index in [9.17, 15) is 14.4 Å². The Morgan fingerprint density at radius 2 is 1.55 bits per heavy atom. The Balaban J connectivity index is 1.36. The van der Waals surface area contributed by atoms with Crippen LogP contribution in [-0.2, 0) is 9.59 Å². The number of nitrogens with zero attached hydrogens (tertiary/aromatic N) is 3. The number of carbonyl (C=O) groups excluding carboxylic acids is 3. The molecule has 0 saturated carbocycles. The summed E-state index contributed by atoms with van der Waals surface area (Å²) in [6.45, 7) is 2.71. The number of Topliss-reactive ketones (excluding diaryl/α,β-unsaturated/α-hetero) is 1. The molecule has 1 saturated heterocycles. The second-order valence-corrected chi connectivity index (χ2v) is 7.96. The van der Waals surface area contributed by atoms with Gasteiger partial charge in [0.1, 0.15) is 11.8 Å². The van der Waals surface area contributed by atoms with E-state index in [-0.39, 0.29) is 23.6 Å². The molecule has 0 aliphatic carbocycles. The van der Waals surface area contributed by atoms with Crippen molar-refractivity contribution in [2.24, 2.45) is 5.10 Å². The summed E-state index contributed by atoms with van der Waals surface area (Å²) in [5, 5.41) is 9.14. The fourth-order valence-electron chi connectivity index (χ4n) is 4.04. The lowest BCUT2D eigenvalue weighted by atomic mass is 10.0. The molecule has 2 heterocycles. The predicted octanol–water partition coefficient (Wildman–Crippen LogP) is 2.63. The summed E-state index contributed by atoms with van der Waals surface area (Å²) in [5.74, 6) is -0.242. The van der Waals surface area contributed by atoms with Crippen molar-refractivity contribution in [3.63, 3.8) is 0 Å². The van der Waals surface area contributed by atoms with Crippen molar-refractivity contribution in [1.82, 2.24) is 10.2 Å². The maximum atomic E-state index is 12.8. The molecule has 31 heavy (non-hydrogen) atoms. The maximum absolute atomic E-state index is 12.8. The minimum atomic E-state index is -0.464. The third-order valence-corrected chi connectivity index (χ3v) is 5.80. The third-order valence-electron chi connectivity index (χ3n) is 5.80. The topological polar surface area (TPSA) is 82.1 Å². The van der Waals surface area contributed by atoms with E-state index in [2.05, 4.69) is 10.4 Å². The van der Waals surface area contributed by atoms with Gasteiger partial charge in [-0.1, -0.05) is 36.4 Å². The highest BCUT2D eigenvalue weighted by Gasteiger charge is 2.35. The van der Waals surface area contributed by atoms with Gasteiger partial charge in [-0.05, 0) is 44.0 Å². The van der Waals surface area contributed by atoms with Crippen molar-refractivity contribution in [3.05, 3.63) is 66.2 Å². The Kier molecular flexibility index (Phi) is 6.11. The molecule has 2 aliphatic rings.